The molecule has 0 radical (unpaired) electrons. The van der Waals surface area contributed by atoms with Gasteiger partial charge in [0.05, 0.1) is 12.7 Å². The molecule has 1 fully saturated rings. The van der Waals surface area contributed by atoms with Gasteiger partial charge in [-0.05, 0) is 34.8 Å². The van der Waals surface area contributed by atoms with E-state index >= 15 is 0 Å². The molecule has 42 heavy (non-hydrogen) atoms. The number of nitrogens with zero attached hydrogens (tertiary/aromatic N) is 1. The molecule has 1 aromatic carbocycles. The monoisotopic (exact) mass is 610 g/mol. The Hall–Kier alpha value is -2.31. The van der Waals surface area contributed by atoms with Crippen molar-refractivity contribution in [1.82, 2.24) is 9.55 Å². The van der Waals surface area contributed by atoms with Crippen LogP contribution >= 0.6 is 0 Å². The van der Waals surface area contributed by atoms with Crippen molar-refractivity contribution in [3.8, 4) is 0 Å². The van der Waals surface area contributed by atoms with Gasteiger partial charge in [-0.15, -0.1) is 0 Å². The number of aromatic amines is 1. The Labute approximate surface area is 253 Å². The van der Waals surface area contributed by atoms with Gasteiger partial charge in [0.25, 0.3) is 5.56 Å². The van der Waals surface area contributed by atoms with Crippen LogP contribution in [0.5, 0.6) is 0 Å². The third kappa shape index (κ3) is 6.45. The molecule has 2 aromatic rings. The Morgan fingerprint density at radius 1 is 0.952 bits per heavy atom. The number of nitrogens with one attached hydrogen (secondary N) is 1. The number of H-pyrrole nitrogens is 1. The number of hydrogen-bond donors (Lipinski definition) is 1. The molecule has 0 saturated carbocycles. The van der Waals surface area contributed by atoms with E-state index in [1.165, 1.54) is 22.0 Å². The van der Waals surface area contributed by atoms with E-state index in [4.69, 9.17) is 13.6 Å². The molecular weight excluding hydrogens is 561 g/mol. The SMILES string of the molecule is C[C@@H]1[C@H](CO[Si](C)(C)C(C)(C)C)[C@@H](CO[Si](c2ccccc2)(C2C=CC=CC2)C(C)(C)C)O[C@H]1n1ccc(=O)[nH]c1=O. The number of benzene rings is 1. The van der Waals surface area contributed by atoms with Gasteiger partial charge in [-0.2, -0.15) is 0 Å². The van der Waals surface area contributed by atoms with E-state index < -0.39 is 34.1 Å². The molecule has 2 aliphatic rings. The lowest BCUT2D eigenvalue weighted by atomic mass is 9.92. The smallest absolute Gasteiger partial charge is 0.330 e. The molecule has 1 aliphatic heterocycles. The topological polar surface area (TPSA) is 82.6 Å². The van der Waals surface area contributed by atoms with E-state index in [1.807, 2.05) is 0 Å². The normalized spacial score (nSPS) is 26.4. The van der Waals surface area contributed by atoms with Crippen LogP contribution in [0.25, 0.3) is 0 Å². The molecular formula is C33H50N2O5Si2. The van der Waals surface area contributed by atoms with Gasteiger partial charge in [0.2, 0.25) is 8.32 Å². The molecule has 2 unspecified atom stereocenters. The number of ether oxygens (including phenoxy) is 1. The molecule has 6 atom stereocenters. The van der Waals surface area contributed by atoms with Crippen molar-refractivity contribution in [3.05, 3.63) is 87.7 Å². The van der Waals surface area contributed by atoms with Crippen LogP contribution in [0.1, 0.15) is 61.1 Å². The van der Waals surface area contributed by atoms with Gasteiger partial charge in [-0.25, -0.2) is 4.79 Å². The minimum atomic E-state index is -2.67. The van der Waals surface area contributed by atoms with E-state index in [2.05, 4.69) is 121 Å². The second-order valence-corrected chi connectivity index (χ2v) is 23.9. The maximum Gasteiger partial charge on any atom is 0.330 e. The molecule has 9 heteroatoms. The Bertz CT molecular complexity index is 1390. The number of aromatic nitrogens is 2. The minimum absolute atomic E-state index is 0.00666. The number of rotatable bonds is 9. The number of allylic oxidation sites excluding steroid dienone is 4. The summed E-state index contributed by atoms with van der Waals surface area (Å²) >= 11 is 0. The average Bonchev–Trinajstić information content (AvgIpc) is 3.22. The predicted molar refractivity (Wildman–Crippen MR) is 175 cm³/mol. The molecule has 1 aliphatic carbocycles. The van der Waals surface area contributed by atoms with Crippen LogP contribution in [0, 0.1) is 11.8 Å². The Morgan fingerprint density at radius 2 is 1.64 bits per heavy atom. The van der Waals surface area contributed by atoms with E-state index in [1.54, 1.807) is 0 Å². The lowest BCUT2D eigenvalue weighted by Gasteiger charge is -2.47. The molecule has 2 heterocycles. The van der Waals surface area contributed by atoms with E-state index in [0.717, 1.165) is 6.42 Å². The van der Waals surface area contributed by atoms with Crippen LogP contribution < -0.4 is 16.4 Å². The zero-order valence-electron chi connectivity index (χ0n) is 26.8. The summed E-state index contributed by atoms with van der Waals surface area (Å²) in [5.74, 6) is -0.0286. The zero-order valence-corrected chi connectivity index (χ0v) is 28.8. The molecule has 1 N–H and O–H groups in total. The third-order valence-corrected chi connectivity index (χ3v) is 19.8. The quantitative estimate of drug-likeness (QED) is 0.339. The van der Waals surface area contributed by atoms with Crippen molar-refractivity contribution >= 4 is 21.8 Å². The molecule has 1 saturated heterocycles. The van der Waals surface area contributed by atoms with Crippen molar-refractivity contribution < 1.29 is 13.6 Å². The Balaban J connectivity index is 1.71. The maximum atomic E-state index is 12.8. The summed E-state index contributed by atoms with van der Waals surface area (Å²) in [7, 11) is -4.71. The molecule has 4 rings (SSSR count). The molecule has 230 valence electrons. The van der Waals surface area contributed by atoms with Gasteiger partial charge in [-0.3, -0.25) is 14.3 Å². The standard InChI is InChI=1S/C33H50N2O5Si2/c1-24-27(22-38-41(8,9)32(2,3)4)28(40-30(24)35-21-20-29(36)34-31(35)37)23-39-42(33(5,6)7,25-16-12-10-13-17-25)26-18-14-11-15-19-26/h10-18,20-21,24,26-28,30H,19,22-23H2,1-9H3,(H,34,36,37)/t24-,26?,27+,28-,30-,42?/m1/s1. The van der Waals surface area contributed by atoms with Crippen LogP contribution in [0.3, 0.4) is 0 Å². The van der Waals surface area contributed by atoms with Gasteiger partial charge < -0.3 is 13.6 Å². The maximum absolute atomic E-state index is 12.8. The van der Waals surface area contributed by atoms with Gasteiger partial charge in [-0.1, -0.05) is 103 Å². The summed E-state index contributed by atoms with van der Waals surface area (Å²) < 4.78 is 22.3. The summed E-state index contributed by atoms with van der Waals surface area (Å²) in [5.41, 5.74) is -0.618. The van der Waals surface area contributed by atoms with Gasteiger partial charge in [0, 0.05) is 36.2 Å². The lowest BCUT2D eigenvalue weighted by molar-refractivity contribution is -0.0383. The van der Waals surface area contributed by atoms with Crippen LogP contribution in [0.2, 0.25) is 28.7 Å². The highest BCUT2D eigenvalue weighted by molar-refractivity contribution is 6.90. The first-order valence-electron chi connectivity index (χ1n) is 15.2. The summed E-state index contributed by atoms with van der Waals surface area (Å²) in [5, 5.41) is 1.23. The predicted octanol–water partition coefficient (Wildman–Crippen LogP) is 6.26. The third-order valence-electron chi connectivity index (χ3n) is 9.78. The second-order valence-electron chi connectivity index (χ2n) is 14.5. The van der Waals surface area contributed by atoms with Crippen LogP contribution in [0.15, 0.2) is 76.5 Å². The fourth-order valence-corrected chi connectivity index (χ4v) is 12.5. The first-order valence-corrected chi connectivity index (χ1v) is 20.1. The van der Waals surface area contributed by atoms with Gasteiger partial charge >= 0.3 is 5.69 Å². The summed E-state index contributed by atoms with van der Waals surface area (Å²) in [6.45, 7) is 21.2. The van der Waals surface area contributed by atoms with Crippen molar-refractivity contribution in [2.24, 2.45) is 11.8 Å². The van der Waals surface area contributed by atoms with E-state index in [9.17, 15) is 9.59 Å². The highest BCUT2D eigenvalue weighted by Crippen LogP contribution is 2.48. The van der Waals surface area contributed by atoms with Crippen molar-refractivity contribution in [3.63, 3.8) is 0 Å². The first-order chi connectivity index (χ1) is 19.6. The van der Waals surface area contributed by atoms with Crippen LogP contribution in [-0.4, -0.2) is 45.5 Å². The highest BCUT2D eigenvalue weighted by atomic mass is 28.4. The fraction of sp³-hybridized carbons (Fsp3) is 0.576. The number of hydrogen-bond acceptors (Lipinski definition) is 5. The lowest BCUT2D eigenvalue weighted by Crippen LogP contribution is -2.61. The fourth-order valence-electron chi connectivity index (χ4n) is 6.24. The summed E-state index contributed by atoms with van der Waals surface area (Å²) in [6.07, 6.45) is 10.5. The van der Waals surface area contributed by atoms with Gasteiger partial charge in [0.15, 0.2) is 8.32 Å². The Kier molecular flexibility index (Phi) is 9.59. The van der Waals surface area contributed by atoms with Crippen molar-refractivity contribution in [2.75, 3.05) is 13.2 Å². The first kappa shape index (κ1) is 32.6. The highest BCUT2D eigenvalue weighted by Gasteiger charge is 2.55. The zero-order chi connectivity index (χ0) is 30.9. The molecule has 0 bridgehead atoms. The Morgan fingerprint density at radius 3 is 2.21 bits per heavy atom. The van der Waals surface area contributed by atoms with Crippen LogP contribution in [-0.2, 0) is 13.6 Å². The molecule has 0 amide bonds. The van der Waals surface area contributed by atoms with E-state index in [-0.39, 0.29) is 33.6 Å². The van der Waals surface area contributed by atoms with Crippen molar-refractivity contribution in [1.29, 1.82) is 0 Å². The van der Waals surface area contributed by atoms with Crippen molar-refractivity contribution in [2.45, 2.75) is 95.9 Å². The molecule has 1 aromatic heterocycles. The summed E-state index contributed by atoms with van der Waals surface area (Å²) in [6, 6.07) is 12.1. The largest absolute Gasteiger partial charge is 0.416 e. The second kappa shape index (κ2) is 12.4. The summed E-state index contributed by atoms with van der Waals surface area (Å²) in [4.78, 5) is 27.0. The molecule has 7 nitrogen and oxygen atoms in total. The van der Waals surface area contributed by atoms with Crippen LogP contribution in [0.4, 0.5) is 0 Å². The van der Waals surface area contributed by atoms with E-state index in [0.29, 0.717) is 13.2 Å². The average molecular weight is 611 g/mol. The molecule has 0 spiro atoms. The minimum Gasteiger partial charge on any atom is -0.416 e. The van der Waals surface area contributed by atoms with Gasteiger partial charge in [0.1, 0.15) is 6.23 Å².